The number of hydrogen-bond acceptors (Lipinski definition) is 3. The van der Waals surface area contributed by atoms with Crippen LogP contribution in [0.15, 0.2) is 42.5 Å². The van der Waals surface area contributed by atoms with Crippen molar-refractivity contribution in [1.82, 2.24) is 10.2 Å². The molecule has 0 bridgehead atoms. The normalized spacial score (nSPS) is 12.8. The van der Waals surface area contributed by atoms with E-state index in [9.17, 15) is 9.59 Å². The standard InChI is InChI=1S/C26H34Cl2N2O3/c1-6-18(5)29-26(32)24(7-2)30(15-21-22(27)9-8-10-23(21)28)25(31)16-33-20-13-11-19(12-14-20)17(3)4/h8-14,17-18,24H,6-7,15-16H2,1-5H3,(H,29,32)/t18-,24-/m0/s1. The molecule has 180 valence electrons. The van der Waals surface area contributed by atoms with Gasteiger partial charge in [-0.3, -0.25) is 9.59 Å². The van der Waals surface area contributed by atoms with Crippen molar-refractivity contribution in [2.24, 2.45) is 0 Å². The number of halogens is 2. The Morgan fingerprint density at radius 1 is 0.970 bits per heavy atom. The first-order chi connectivity index (χ1) is 15.7. The monoisotopic (exact) mass is 492 g/mol. The Morgan fingerprint density at radius 3 is 2.09 bits per heavy atom. The predicted molar refractivity (Wildman–Crippen MR) is 135 cm³/mol. The molecule has 5 nitrogen and oxygen atoms in total. The second-order valence-electron chi connectivity index (χ2n) is 8.48. The Balaban J connectivity index is 2.26. The van der Waals surface area contributed by atoms with E-state index in [0.29, 0.717) is 33.7 Å². The maximum Gasteiger partial charge on any atom is 0.261 e. The first-order valence-electron chi connectivity index (χ1n) is 11.4. The lowest BCUT2D eigenvalue weighted by Gasteiger charge is -2.32. The van der Waals surface area contributed by atoms with Crippen LogP contribution in [0.4, 0.5) is 0 Å². The number of benzene rings is 2. The van der Waals surface area contributed by atoms with Crippen LogP contribution in [-0.4, -0.2) is 35.4 Å². The highest BCUT2D eigenvalue weighted by Gasteiger charge is 2.30. The molecule has 7 heteroatoms. The van der Waals surface area contributed by atoms with Gasteiger partial charge in [-0.05, 0) is 55.5 Å². The van der Waals surface area contributed by atoms with Crippen LogP contribution in [0.5, 0.6) is 5.75 Å². The van der Waals surface area contributed by atoms with Crippen molar-refractivity contribution < 1.29 is 14.3 Å². The summed E-state index contributed by atoms with van der Waals surface area (Å²) in [6.07, 6.45) is 1.24. The molecule has 1 N–H and O–H groups in total. The van der Waals surface area contributed by atoms with Gasteiger partial charge < -0.3 is 15.0 Å². The van der Waals surface area contributed by atoms with E-state index >= 15 is 0 Å². The van der Waals surface area contributed by atoms with Crippen LogP contribution in [0.2, 0.25) is 10.0 Å². The lowest BCUT2D eigenvalue weighted by Crippen LogP contribution is -2.51. The average molecular weight is 493 g/mol. The summed E-state index contributed by atoms with van der Waals surface area (Å²) in [5.74, 6) is 0.487. The van der Waals surface area contributed by atoms with Crippen LogP contribution in [0, 0.1) is 0 Å². The highest BCUT2D eigenvalue weighted by molar-refractivity contribution is 6.36. The Kier molecular flexibility index (Phi) is 10.5. The molecule has 0 heterocycles. The van der Waals surface area contributed by atoms with Crippen molar-refractivity contribution in [1.29, 1.82) is 0 Å². The van der Waals surface area contributed by atoms with E-state index in [4.69, 9.17) is 27.9 Å². The molecule has 2 rings (SSSR count). The summed E-state index contributed by atoms with van der Waals surface area (Å²) in [4.78, 5) is 27.8. The SMILES string of the molecule is CC[C@H](C)NC(=O)[C@H](CC)N(Cc1c(Cl)cccc1Cl)C(=O)COc1ccc(C(C)C)cc1. The van der Waals surface area contributed by atoms with Crippen molar-refractivity contribution in [2.45, 2.75) is 72.0 Å². The summed E-state index contributed by atoms with van der Waals surface area (Å²) in [6.45, 7) is 9.96. The summed E-state index contributed by atoms with van der Waals surface area (Å²) in [7, 11) is 0. The van der Waals surface area contributed by atoms with E-state index in [1.54, 1.807) is 18.2 Å². The predicted octanol–water partition coefficient (Wildman–Crippen LogP) is 6.22. The summed E-state index contributed by atoms with van der Waals surface area (Å²) >= 11 is 12.7. The van der Waals surface area contributed by atoms with Crippen LogP contribution in [0.1, 0.15) is 64.5 Å². The molecule has 0 aromatic heterocycles. The van der Waals surface area contributed by atoms with Gasteiger partial charge in [0.2, 0.25) is 5.91 Å². The molecule has 2 atom stereocenters. The van der Waals surface area contributed by atoms with Crippen molar-refractivity contribution in [3.8, 4) is 5.75 Å². The molecule has 0 aliphatic carbocycles. The molecule has 2 amide bonds. The topological polar surface area (TPSA) is 58.6 Å². The largest absolute Gasteiger partial charge is 0.484 e. The van der Waals surface area contributed by atoms with Crippen molar-refractivity contribution in [3.63, 3.8) is 0 Å². The second-order valence-corrected chi connectivity index (χ2v) is 9.29. The Bertz CT molecular complexity index is 911. The number of nitrogens with one attached hydrogen (secondary N) is 1. The molecule has 0 radical (unpaired) electrons. The van der Waals surface area contributed by atoms with Gasteiger partial charge in [0, 0.05) is 28.2 Å². The van der Waals surface area contributed by atoms with Gasteiger partial charge in [-0.15, -0.1) is 0 Å². The van der Waals surface area contributed by atoms with E-state index < -0.39 is 6.04 Å². The number of nitrogens with zero attached hydrogens (tertiary/aromatic N) is 1. The van der Waals surface area contributed by atoms with Gasteiger partial charge in [-0.25, -0.2) is 0 Å². The zero-order valence-electron chi connectivity index (χ0n) is 20.0. The van der Waals surface area contributed by atoms with Gasteiger partial charge in [-0.1, -0.05) is 69.1 Å². The zero-order valence-corrected chi connectivity index (χ0v) is 21.5. The summed E-state index contributed by atoms with van der Waals surface area (Å²) in [5.41, 5.74) is 1.79. The maximum atomic E-state index is 13.3. The zero-order chi connectivity index (χ0) is 24.5. The molecule has 0 saturated heterocycles. The third-order valence-corrected chi connectivity index (χ3v) is 6.39. The van der Waals surface area contributed by atoms with Gasteiger partial charge in [0.05, 0.1) is 0 Å². The lowest BCUT2D eigenvalue weighted by atomic mass is 10.0. The number of ether oxygens (including phenoxy) is 1. The fraction of sp³-hybridized carbons (Fsp3) is 0.462. The molecule has 0 fully saturated rings. The number of hydrogen-bond donors (Lipinski definition) is 1. The summed E-state index contributed by atoms with van der Waals surface area (Å²) in [5, 5.41) is 3.88. The smallest absolute Gasteiger partial charge is 0.261 e. The Morgan fingerprint density at radius 2 is 1.58 bits per heavy atom. The van der Waals surface area contributed by atoms with Gasteiger partial charge >= 0.3 is 0 Å². The van der Waals surface area contributed by atoms with Crippen molar-refractivity contribution in [2.75, 3.05) is 6.61 Å². The van der Waals surface area contributed by atoms with Gasteiger partial charge in [0.15, 0.2) is 6.61 Å². The number of carbonyl (C=O) groups excluding carboxylic acids is 2. The van der Waals surface area contributed by atoms with E-state index in [-0.39, 0.29) is 31.0 Å². The number of amides is 2. The molecule has 2 aromatic rings. The van der Waals surface area contributed by atoms with Crippen LogP contribution in [-0.2, 0) is 16.1 Å². The first kappa shape index (κ1) is 27.0. The molecule has 0 saturated carbocycles. The van der Waals surface area contributed by atoms with E-state index in [0.717, 1.165) is 6.42 Å². The van der Waals surface area contributed by atoms with Crippen LogP contribution < -0.4 is 10.1 Å². The molecule has 33 heavy (non-hydrogen) atoms. The summed E-state index contributed by atoms with van der Waals surface area (Å²) in [6, 6.07) is 12.2. The number of rotatable bonds is 11. The third kappa shape index (κ3) is 7.65. The van der Waals surface area contributed by atoms with Crippen molar-refractivity contribution >= 4 is 35.0 Å². The molecule has 2 aromatic carbocycles. The molecular formula is C26H34Cl2N2O3. The van der Waals surface area contributed by atoms with Crippen LogP contribution in [0.3, 0.4) is 0 Å². The molecule has 0 aliphatic rings. The van der Waals surface area contributed by atoms with E-state index in [1.807, 2.05) is 45.0 Å². The molecule has 0 aliphatic heterocycles. The fourth-order valence-corrected chi connectivity index (χ4v) is 3.91. The molecule has 0 spiro atoms. The highest BCUT2D eigenvalue weighted by Crippen LogP contribution is 2.27. The average Bonchev–Trinajstić information content (AvgIpc) is 2.79. The Labute approximate surface area is 207 Å². The van der Waals surface area contributed by atoms with Gasteiger partial charge in [0.1, 0.15) is 11.8 Å². The van der Waals surface area contributed by atoms with E-state index in [1.165, 1.54) is 10.5 Å². The quantitative estimate of drug-likeness (QED) is 0.405. The van der Waals surface area contributed by atoms with Crippen LogP contribution >= 0.6 is 23.2 Å². The third-order valence-electron chi connectivity index (χ3n) is 5.69. The van der Waals surface area contributed by atoms with Crippen LogP contribution in [0.25, 0.3) is 0 Å². The molecular weight excluding hydrogens is 459 g/mol. The minimum atomic E-state index is -0.675. The highest BCUT2D eigenvalue weighted by atomic mass is 35.5. The van der Waals surface area contributed by atoms with Gasteiger partial charge in [-0.2, -0.15) is 0 Å². The minimum absolute atomic E-state index is 0.00289. The summed E-state index contributed by atoms with van der Waals surface area (Å²) < 4.78 is 5.77. The first-order valence-corrected chi connectivity index (χ1v) is 12.2. The maximum absolute atomic E-state index is 13.3. The Hall–Kier alpha value is -2.24. The van der Waals surface area contributed by atoms with Gasteiger partial charge in [0.25, 0.3) is 5.91 Å². The van der Waals surface area contributed by atoms with E-state index in [2.05, 4.69) is 19.2 Å². The fourth-order valence-electron chi connectivity index (χ4n) is 3.39. The minimum Gasteiger partial charge on any atom is -0.484 e. The number of carbonyl (C=O) groups is 2. The lowest BCUT2D eigenvalue weighted by molar-refractivity contribution is -0.143. The van der Waals surface area contributed by atoms with Crippen molar-refractivity contribution in [3.05, 3.63) is 63.6 Å². The second kappa shape index (κ2) is 12.9. The molecule has 0 unspecified atom stereocenters.